The number of benzene rings is 2. The summed E-state index contributed by atoms with van der Waals surface area (Å²) in [7, 11) is 3.40. The highest BCUT2D eigenvalue weighted by molar-refractivity contribution is 8.13. The Labute approximate surface area is 172 Å². The van der Waals surface area contributed by atoms with Crippen LogP contribution in [0.4, 0.5) is 10.5 Å². The fraction of sp³-hybridized carbons (Fsp3) is 0.200. The lowest BCUT2D eigenvalue weighted by atomic mass is 10.1. The summed E-state index contributed by atoms with van der Waals surface area (Å²) in [6.07, 6.45) is 3.07. The molecular weight excluding hydrogens is 400 g/mol. The topological polar surface area (TPSA) is 67.9 Å². The smallest absolute Gasteiger partial charge is 0.285 e. The van der Waals surface area contributed by atoms with E-state index in [0.29, 0.717) is 35.4 Å². The number of amides is 2. The molecule has 6 nitrogen and oxygen atoms in total. The van der Waals surface area contributed by atoms with E-state index in [1.165, 1.54) is 11.0 Å². The van der Waals surface area contributed by atoms with Crippen molar-refractivity contribution < 1.29 is 19.1 Å². The number of nitrogens with one attached hydrogen (secondary N) is 1. The first-order valence-electron chi connectivity index (χ1n) is 8.50. The Morgan fingerprint density at radius 1 is 1.14 bits per heavy atom. The van der Waals surface area contributed by atoms with E-state index in [0.717, 1.165) is 22.2 Å². The average molecular weight is 419 g/mol. The van der Waals surface area contributed by atoms with Crippen molar-refractivity contribution in [1.82, 2.24) is 4.90 Å². The second-order valence-electron chi connectivity index (χ2n) is 6.14. The molecule has 1 N–H and O–H groups in total. The molecule has 0 saturated heterocycles. The van der Waals surface area contributed by atoms with Crippen molar-refractivity contribution in [3.8, 4) is 11.5 Å². The molecule has 0 atom stereocenters. The number of nitrogens with zero attached hydrogens (tertiary/aromatic N) is 1. The van der Waals surface area contributed by atoms with E-state index in [9.17, 15) is 9.59 Å². The highest BCUT2D eigenvalue weighted by Gasteiger charge is 2.16. The lowest BCUT2D eigenvalue weighted by molar-refractivity contribution is -0.111. The Balaban J connectivity index is 1.61. The predicted octanol–water partition coefficient (Wildman–Crippen LogP) is 4.54. The Bertz CT molecular complexity index is 913. The van der Waals surface area contributed by atoms with Gasteiger partial charge >= 0.3 is 0 Å². The zero-order valence-corrected chi connectivity index (χ0v) is 17.0. The molecule has 0 bridgehead atoms. The standard InChI is InChI=1S/C20H19ClN2O4S/c1-23(2)20(25)28-15-6-4-14(5-7-15)22-18(24)8-3-13-11-16(21)19-17(12-13)26-9-10-27-19/h3-8,11-12H,9-10H2,1-2H3,(H,22,24)/b8-3+. The van der Waals surface area contributed by atoms with Gasteiger partial charge in [0.15, 0.2) is 11.5 Å². The van der Waals surface area contributed by atoms with Crippen molar-refractivity contribution in [3.63, 3.8) is 0 Å². The van der Waals surface area contributed by atoms with Gasteiger partial charge in [0.2, 0.25) is 5.91 Å². The second kappa shape index (κ2) is 9.03. The minimum Gasteiger partial charge on any atom is -0.486 e. The molecule has 1 heterocycles. The first-order valence-corrected chi connectivity index (χ1v) is 9.69. The molecule has 2 aromatic carbocycles. The molecule has 2 amide bonds. The van der Waals surface area contributed by atoms with Crippen LogP contribution < -0.4 is 14.8 Å². The van der Waals surface area contributed by atoms with Gasteiger partial charge in [-0.05, 0) is 59.8 Å². The number of rotatable bonds is 4. The average Bonchev–Trinajstić information content (AvgIpc) is 2.68. The van der Waals surface area contributed by atoms with Crippen molar-refractivity contribution in [2.45, 2.75) is 4.90 Å². The number of carbonyl (C=O) groups is 2. The maximum atomic E-state index is 12.2. The third-order valence-electron chi connectivity index (χ3n) is 3.74. The molecule has 3 rings (SSSR count). The van der Waals surface area contributed by atoms with Crippen molar-refractivity contribution in [1.29, 1.82) is 0 Å². The van der Waals surface area contributed by atoms with E-state index in [1.807, 2.05) is 0 Å². The van der Waals surface area contributed by atoms with Crippen molar-refractivity contribution in [3.05, 3.63) is 53.1 Å². The van der Waals surface area contributed by atoms with Crippen LogP contribution in [0.2, 0.25) is 5.02 Å². The predicted molar refractivity (Wildman–Crippen MR) is 111 cm³/mol. The van der Waals surface area contributed by atoms with Crippen molar-refractivity contribution in [2.24, 2.45) is 0 Å². The number of anilines is 1. The van der Waals surface area contributed by atoms with E-state index in [-0.39, 0.29) is 11.1 Å². The molecule has 8 heteroatoms. The number of hydrogen-bond acceptors (Lipinski definition) is 5. The third-order valence-corrected chi connectivity index (χ3v) is 5.07. The summed E-state index contributed by atoms with van der Waals surface area (Å²) in [5, 5.41) is 3.16. The van der Waals surface area contributed by atoms with E-state index < -0.39 is 0 Å². The first-order chi connectivity index (χ1) is 13.4. The van der Waals surface area contributed by atoms with E-state index >= 15 is 0 Å². The highest BCUT2D eigenvalue weighted by Crippen LogP contribution is 2.38. The second-order valence-corrected chi connectivity index (χ2v) is 7.57. The molecular formula is C20H19ClN2O4S. The van der Waals surface area contributed by atoms with Crippen LogP contribution in [0.3, 0.4) is 0 Å². The van der Waals surface area contributed by atoms with Crippen LogP contribution in [-0.2, 0) is 4.79 Å². The largest absolute Gasteiger partial charge is 0.486 e. The fourth-order valence-corrected chi connectivity index (χ4v) is 3.31. The summed E-state index contributed by atoms with van der Waals surface area (Å²) >= 11 is 7.32. The fourth-order valence-electron chi connectivity index (χ4n) is 2.38. The van der Waals surface area contributed by atoms with Gasteiger partial charge in [0.1, 0.15) is 13.2 Å². The zero-order chi connectivity index (χ0) is 20.1. The number of ether oxygens (including phenoxy) is 2. The van der Waals surface area contributed by atoms with Gasteiger partial charge in [0.25, 0.3) is 5.24 Å². The van der Waals surface area contributed by atoms with Gasteiger partial charge in [0.05, 0.1) is 5.02 Å². The van der Waals surface area contributed by atoms with Gasteiger partial charge in [-0.3, -0.25) is 9.59 Å². The van der Waals surface area contributed by atoms with Crippen LogP contribution in [0.5, 0.6) is 11.5 Å². The molecule has 1 aliphatic rings. The van der Waals surface area contributed by atoms with Crippen molar-refractivity contribution in [2.75, 3.05) is 32.6 Å². The zero-order valence-electron chi connectivity index (χ0n) is 15.4. The van der Waals surface area contributed by atoms with Gasteiger partial charge < -0.3 is 19.7 Å². The number of thioether (sulfide) groups is 1. The Morgan fingerprint density at radius 3 is 2.57 bits per heavy atom. The Hall–Kier alpha value is -2.64. The first kappa shape index (κ1) is 20.1. The van der Waals surface area contributed by atoms with Gasteiger partial charge in [0, 0.05) is 30.8 Å². The maximum Gasteiger partial charge on any atom is 0.285 e. The van der Waals surface area contributed by atoms with E-state index in [2.05, 4.69) is 5.32 Å². The molecule has 1 aliphatic heterocycles. The summed E-state index contributed by atoms with van der Waals surface area (Å²) in [5.74, 6) is 0.815. The summed E-state index contributed by atoms with van der Waals surface area (Å²) in [4.78, 5) is 26.2. The number of hydrogen-bond donors (Lipinski definition) is 1. The van der Waals surface area contributed by atoms with Crippen LogP contribution in [0.15, 0.2) is 47.4 Å². The summed E-state index contributed by atoms with van der Waals surface area (Å²) in [6.45, 7) is 0.927. The van der Waals surface area contributed by atoms with Gasteiger partial charge in [-0.1, -0.05) is 11.6 Å². The Kier molecular flexibility index (Phi) is 6.49. The van der Waals surface area contributed by atoms with Crippen molar-refractivity contribution >= 4 is 46.3 Å². The minimum absolute atomic E-state index is 0.0576. The molecule has 146 valence electrons. The molecule has 28 heavy (non-hydrogen) atoms. The minimum atomic E-state index is -0.282. The normalized spacial score (nSPS) is 12.7. The highest BCUT2D eigenvalue weighted by atomic mass is 35.5. The van der Waals surface area contributed by atoms with Crippen LogP contribution in [0, 0.1) is 0 Å². The lowest BCUT2D eigenvalue weighted by Gasteiger charge is -2.19. The molecule has 0 fully saturated rings. The summed E-state index contributed by atoms with van der Waals surface area (Å²) < 4.78 is 11.0. The van der Waals surface area contributed by atoms with Crippen LogP contribution in [-0.4, -0.2) is 43.4 Å². The third kappa shape index (κ3) is 5.21. The number of fused-ring (bicyclic) bond motifs is 1. The molecule has 0 radical (unpaired) electrons. The summed E-state index contributed by atoms with van der Waals surface area (Å²) in [5.41, 5.74) is 1.37. The molecule has 0 aromatic heterocycles. The SMILES string of the molecule is CN(C)C(=O)Sc1ccc(NC(=O)/C=C/c2cc(Cl)c3c(c2)OCCO3)cc1. The van der Waals surface area contributed by atoms with Crippen LogP contribution in [0.25, 0.3) is 6.08 Å². The van der Waals surface area contributed by atoms with Crippen LogP contribution in [0.1, 0.15) is 5.56 Å². The summed E-state index contributed by atoms with van der Waals surface area (Å²) in [6, 6.07) is 10.6. The Morgan fingerprint density at radius 2 is 1.86 bits per heavy atom. The monoisotopic (exact) mass is 418 g/mol. The van der Waals surface area contributed by atoms with E-state index in [4.69, 9.17) is 21.1 Å². The lowest BCUT2D eigenvalue weighted by Crippen LogP contribution is -2.16. The van der Waals surface area contributed by atoms with Gasteiger partial charge in [-0.15, -0.1) is 0 Å². The molecule has 0 spiro atoms. The van der Waals surface area contributed by atoms with Gasteiger partial charge in [-0.2, -0.15) is 0 Å². The maximum absolute atomic E-state index is 12.2. The quantitative estimate of drug-likeness (QED) is 0.583. The van der Waals surface area contributed by atoms with Gasteiger partial charge in [-0.25, -0.2) is 0 Å². The number of carbonyl (C=O) groups excluding carboxylic acids is 2. The number of halogens is 1. The van der Waals surface area contributed by atoms with Crippen LogP contribution >= 0.6 is 23.4 Å². The molecule has 0 saturated carbocycles. The molecule has 2 aromatic rings. The van der Waals surface area contributed by atoms with E-state index in [1.54, 1.807) is 56.6 Å². The molecule has 0 aliphatic carbocycles. The molecule has 0 unspecified atom stereocenters.